The van der Waals surface area contributed by atoms with Gasteiger partial charge in [-0.1, -0.05) is 226 Å². The van der Waals surface area contributed by atoms with Crippen molar-refractivity contribution in [1.29, 1.82) is 0 Å². The van der Waals surface area contributed by atoms with E-state index >= 15 is 0 Å². The quantitative estimate of drug-likeness (QED) is 0.0626. The van der Waals surface area contributed by atoms with Gasteiger partial charge >= 0.3 is 0 Å². The average molecular weight is 691 g/mol. The van der Waals surface area contributed by atoms with Gasteiger partial charge in [0.2, 0.25) is 11.8 Å². The van der Waals surface area contributed by atoms with E-state index in [1.807, 2.05) is 0 Å². The summed E-state index contributed by atoms with van der Waals surface area (Å²) in [5.41, 5.74) is 0. The second-order valence-electron chi connectivity index (χ2n) is 15.6. The Kier molecular flexibility index (Phi) is 42.2. The highest BCUT2D eigenvalue weighted by Gasteiger charge is 2.03. The zero-order valence-corrected chi connectivity index (χ0v) is 33.8. The lowest BCUT2D eigenvalue weighted by Gasteiger charge is -2.07. The van der Waals surface area contributed by atoms with Gasteiger partial charge < -0.3 is 10.6 Å². The molecule has 292 valence electrons. The first-order chi connectivity index (χ1) is 24.2. The SMILES string of the molecule is CCCCCCCCCCCCCCCCCC(=O)NCCCCCCCCCNC(=O)CCCCCCCCCCCCCCCCC. The van der Waals surface area contributed by atoms with Crippen molar-refractivity contribution < 1.29 is 9.59 Å². The molecule has 0 aromatic rings. The lowest BCUT2D eigenvalue weighted by molar-refractivity contribution is -0.122. The van der Waals surface area contributed by atoms with Crippen LogP contribution in [-0.2, 0) is 9.59 Å². The Morgan fingerprint density at radius 3 is 0.673 bits per heavy atom. The summed E-state index contributed by atoms with van der Waals surface area (Å²) in [4.78, 5) is 24.2. The monoisotopic (exact) mass is 691 g/mol. The van der Waals surface area contributed by atoms with Crippen molar-refractivity contribution in [1.82, 2.24) is 10.6 Å². The molecule has 0 saturated carbocycles. The molecule has 49 heavy (non-hydrogen) atoms. The number of amides is 2. The fourth-order valence-electron chi connectivity index (χ4n) is 7.08. The largest absolute Gasteiger partial charge is 0.356 e. The summed E-state index contributed by atoms with van der Waals surface area (Å²) in [5.74, 6) is 0.493. The normalized spacial score (nSPS) is 11.3. The first-order valence-electron chi connectivity index (χ1n) is 22.7. The summed E-state index contributed by atoms with van der Waals surface area (Å²) in [6, 6.07) is 0. The van der Waals surface area contributed by atoms with Gasteiger partial charge in [0.1, 0.15) is 0 Å². The predicted octanol–water partition coefficient (Wildman–Crippen LogP) is 14.5. The van der Waals surface area contributed by atoms with Gasteiger partial charge in [0.25, 0.3) is 0 Å². The molecule has 4 heteroatoms. The molecule has 4 nitrogen and oxygen atoms in total. The van der Waals surface area contributed by atoms with Crippen LogP contribution in [0.4, 0.5) is 0 Å². The van der Waals surface area contributed by atoms with Gasteiger partial charge in [-0.3, -0.25) is 9.59 Å². The molecular weight excluding hydrogens is 601 g/mol. The van der Waals surface area contributed by atoms with Crippen LogP contribution >= 0.6 is 0 Å². The molecule has 0 radical (unpaired) electrons. The third-order valence-corrected chi connectivity index (χ3v) is 10.5. The molecule has 0 aromatic heterocycles. The van der Waals surface area contributed by atoms with E-state index in [2.05, 4.69) is 24.5 Å². The van der Waals surface area contributed by atoms with E-state index in [0.29, 0.717) is 12.8 Å². The number of carbonyl (C=O) groups excluding carboxylic acids is 2. The molecule has 0 aliphatic rings. The van der Waals surface area contributed by atoms with Crippen molar-refractivity contribution in [3.63, 3.8) is 0 Å². The second kappa shape index (κ2) is 43.1. The van der Waals surface area contributed by atoms with E-state index in [1.54, 1.807) is 0 Å². The molecule has 0 unspecified atom stereocenters. The standard InChI is InChI=1S/C45H90N2O2/c1-3-5-7-9-11-13-15-17-19-21-23-25-28-32-36-40-44(48)46-42-38-34-30-27-31-35-39-43-47-45(49)41-37-33-29-26-24-22-20-18-16-14-12-10-8-6-4-2/h3-43H2,1-2H3,(H,46,48)(H,47,49). The van der Waals surface area contributed by atoms with Gasteiger partial charge in [0.15, 0.2) is 0 Å². The van der Waals surface area contributed by atoms with Gasteiger partial charge in [-0.05, 0) is 25.7 Å². The van der Waals surface area contributed by atoms with Gasteiger partial charge in [-0.2, -0.15) is 0 Å². The minimum atomic E-state index is 0.247. The van der Waals surface area contributed by atoms with Crippen LogP contribution in [0.3, 0.4) is 0 Å². The summed E-state index contributed by atoms with van der Waals surface area (Å²) < 4.78 is 0. The lowest BCUT2D eigenvalue weighted by atomic mass is 10.0. The molecule has 0 fully saturated rings. The van der Waals surface area contributed by atoms with Crippen LogP contribution in [-0.4, -0.2) is 24.9 Å². The van der Waals surface area contributed by atoms with Gasteiger partial charge in [-0.25, -0.2) is 0 Å². The average Bonchev–Trinajstić information content (AvgIpc) is 3.10. The number of hydrogen-bond acceptors (Lipinski definition) is 2. The molecule has 0 atom stereocenters. The zero-order valence-electron chi connectivity index (χ0n) is 33.8. The first-order valence-corrected chi connectivity index (χ1v) is 22.7. The number of rotatable bonds is 42. The van der Waals surface area contributed by atoms with Crippen LogP contribution in [0.15, 0.2) is 0 Å². The molecular formula is C45H90N2O2. The van der Waals surface area contributed by atoms with E-state index in [9.17, 15) is 9.59 Å². The van der Waals surface area contributed by atoms with Crippen LogP contribution in [0.1, 0.15) is 264 Å². The van der Waals surface area contributed by atoms with E-state index < -0.39 is 0 Å². The molecule has 0 bridgehead atoms. The predicted molar refractivity (Wildman–Crippen MR) is 217 cm³/mol. The van der Waals surface area contributed by atoms with Crippen molar-refractivity contribution in [3.05, 3.63) is 0 Å². The zero-order chi connectivity index (χ0) is 35.6. The smallest absolute Gasteiger partial charge is 0.219 e. The van der Waals surface area contributed by atoms with Crippen LogP contribution in [0, 0.1) is 0 Å². The molecule has 0 spiro atoms. The maximum Gasteiger partial charge on any atom is 0.219 e. The Morgan fingerprint density at radius 2 is 0.449 bits per heavy atom. The summed E-state index contributed by atoms with van der Waals surface area (Å²) in [7, 11) is 0. The Labute approximate surface area is 308 Å². The highest BCUT2D eigenvalue weighted by molar-refractivity contribution is 5.76. The minimum absolute atomic E-state index is 0.247. The molecule has 0 heterocycles. The molecule has 0 aliphatic heterocycles. The Balaban J connectivity index is 3.22. The minimum Gasteiger partial charge on any atom is -0.356 e. The molecule has 0 aliphatic carbocycles. The summed E-state index contributed by atoms with van der Waals surface area (Å²) >= 11 is 0. The van der Waals surface area contributed by atoms with Crippen LogP contribution in [0.2, 0.25) is 0 Å². The van der Waals surface area contributed by atoms with Crippen LogP contribution in [0.25, 0.3) is 0 Å². The van der Waals surface area contributed by atoms with Crippen molar-refractivity contribution in [3.8, 4) is 0 Å². The van der Waals surface area contributed by atoms with E-state index in [1.165, 1.54) is 212 Å². The maximum absolute atomic E-state index is 12.1. The summed E-state index contributed by atoms with van der Waals surface area (Å²) in [6.07, 6.45) is 50.6. The van der Waals surface area contributed by atoms with Gasteiger partial charge in [0.05, 0.1) is 0 Å². The van der Waals surface area contributed by atoms with Crippen LogP contribution in [0.5, 0.6) is 0 Å². The molecule has 0 rings (SSSR count). The second-order valence-corrected chi connectivity index (χ2v) is 15.6. The first kappa shape index (κ1) is 47.9. The molecule has 2 amide bonds. The van der Waals surface area contributed by atoms with E-state index in [-0.39, 0.29) is 11.8 Å². The Bertz CT molecular complexity index is 598. The maximum atomic E-state index is 12.1. The van der Waals surface area contributed by atoms with Crippen LogP contribution < -0.4 is 10.6 Å². The fourth-order valence-corrected chi connectivity index (χ4v) is 7.08. The number of unbranched alkanes of at least 4 members (excludes halogenated alkanes) is 34. The molecule has 2 N–H and O–H groups in total. The number of carbonyl (C=O) groups is 2. The number of hydrogen-bond donors (Lipinski definition) is 2. The Hall–Kier alpha value is -1.06. The van der Waals surface area contributed by atoms with Crippen molar-refractivity contribution in [2.45, 2.75) is 264 Å². The van der Waals surface area contributed by atoms with Crippen molar-refractivity contribution in [2.24, 2.45) is 0 Å². The van der Waals surface area contributed by atoms with E-state index in [4.69, 9.17) is 0 Å². The summed E-state index contributed by atoms with van der Waals surface area (Å²) in [5, 5.41) is 6.25. The van der Waals surface area contributed by atoms with Crippen molar-refractivity contribution in [2.75, 3.05) is 13.1 Å². The lowest BCUT2D eigenvalue weighted by Crippen LogP contribution is -2.24. The fraction of sp³-hybridized carbons (Fsp3) is 0.956. The highest BCUT2D eigenvalue weighted by Crippen LogP contribution is 2.15. The Morgan fingerprint density at radius 1 is 0.265 bits per heavy atom. The molecule has 0 aromatic carbocycles. The van der Waals surface area contributed by atoms with Gasteiger partial charge in [-0.15, -0.1) is 0 Å². The number of nitrogens with one attached hydrogen (secondary N) is 2. The van der Waals surface area contributed by atoms with E-state index in [0.717, 1.165) is 38.8 Å². The highest BCUT2D eigenvalue weighted by atomic mass is 16.2. The third kappa shape index (κ3) is 43.0. The third-order valence-electron chi connectivity index (χ3n) is 10.5. The topological polar surface area (TPSA) is 58.2 Å². The molecule has 0 saturated heterocycles. The summed E-state index contributed by atoms with van der Waals surface area (Å²) in [6.45, 7) is 6.25. The van der Waals surface area contributed by atoms with Gasteiger partial charge in [0, 0.05) is 25.9 Å². The van der Waals surface area contributed by atoms with Crippen molar-refractivity contribution >= 4 is 11.8 Å².